The molecule has 5 heteroatoms. The first-order chi connectivity index (χ1) is 6.50. The Morgan fingerprint density at radius 3 is 2.64 bits per heavy atom. The van der Waals surface area contributed by atoms with Crippen LogP contribution >= 0.6 is 23.2 Å². The van der Waals surface area contributed by atoms with Gasteiger partial charge in [-0.1, -0.05) is 23.2 Å². The van der Waals surface area contributed by atoms with Gasteiger partial charge in [0.1, 0.15) is 5.75 Å². The van der Waals surface area contributed by atoms with Crippen molar-refractivity contribution in [3.05, 3.63) is 28.2 Å². The molecule has 0 bridgehead atoms. The van der Waals surface area contributed by atoms with Crippen LogP contribution in [0.4, 0.5) is 0 Å². The molecule has 0 radical (unpaired) electrons. The van der Waals surface area contributed by atoms with Crippen LogP contribution in [-0.4, -0.2) is 12.0 Å². The molecule has 0 aliphatic carbocycles. The number of rotatable bonds is 3. The monoisotopic (exact) mass is 233 g/mol. The lowest BCUT2D eigenvalue weighted by Gasteiger charge is -2.12. The summed E-state index contributed by atoms with van der Waals surface area (Å²) < 4.78 is 5.20. The molecule has 0 saturated carbocycles. The number of hydrogen-bond acceptors (Lipinski definition) is 2. The molecule has 0 saturated heterocycles. The molecule has 1 unspecified atom stereocenters. The molecule has 1 aromatic rings. The maximum atomic E-state index is 10.7. The summed E-state index contributed by atoms with van der Waals surface area (Å²) in [4.78, 5) is 10.7. The molecule has 14 heavy (non-hydrogen) atoms. The fraction of sp³-hybridized carbons (Fsp3) is 0.222. The van der Waals surface area contributed by atoms with E-state index in [1.807, 2.05) is 0 Å². The quantitative estimate of drug-likeness (QED) is 0.871. The van der Waals surface area contributed by atoms with E-state index in [1.165, 1.54) is 6.07 Å². The summed E-state index contributed by atoms with van der Waals surface area (Å²) in [6.45, 7) is 1.55. The summed E-state index contributed by atoms with van der Waals surface area (Å²) in [5.74, 6) is -0.154. The molecule has 0 heterocycles. The number of primary amides is 1. The summed E-state index contributed by atoms with van der Waals surface area (Å²) in [7, 11) is 0. The van der Waals surface area contributed by atoms with Gasteiger partial charge in [0.15, 0.2) is 6.10 Å². The Balaban J connectivity index is 2.82. The Labute approximate surface area is 91.7 Å². The predicted molar refractivity (Wildman–Crippen MR) is 55.7 cm³/mol. The third-order valence-corrected chi connectivity index (χ3v) is 2.13. The van der Waals surface area contributed by atoms with E-state index in [0.717, 1.165) is 0 Å². The Hall–Kier alpha value is -0.930. The molecule has 76 valence electrons. The topological polar surface area (TPSA) is 52.3 Å². The highest BCUT2D eigenvalue weighted by molar-refractivity contribution is 6.35. The standard InChI is InChI=1S/C9H9Cl2NO2/c1-5(9(12)13)14-8-3-2-6(10)4-7(8)11/h2-5H,1H3,(H2,12,13). The number of hydrogen-bond donors (Lipinski definition) is 1. The van der Waals surface area contributed by atoms with Crippen molar-refractivity contribution >= 4 is 29.1 Å². The van der Waals surface area contributed by atoms with Crippen LogP contribution in [0, 0.1) is 0 Å². The molecule has 3 nitrogen and oxygen atoms in total. The van der Waals surface area contributed by atoms with Crippen molar-refractivity contribution in [2.24, 2.45) is 5.73 Å². The summed E-state index contributed by atoms with van der Waals surface area (Å²) in [5.41, 5.74) is 5.03. The number of halogens is 2. The van der Waals surface area contributed by atoms with Crippen molar-refractivity contribution in [1.82, 2.24) is 0 Å². The van der Waals surface area contributed by atoms with Crippen molar-refractivity contribution in [2.75, 3.05) is 0 Å². The molecule has 1 rings (SSSR count). The van der Waals surface area contributed by atoms with Gasteiger partial charge in [-0.2, -0.15) is 0 Å². The van der Waals surface area contributed by atoms with E-state index in [-0.39, 0.29) is 0 Å². The summed E-state index contributed by atoms with van der Waals surface area (Å²) >= 11 is 11.5. The van der Waals surface area contributed by atoms with E-state index < -0.39 is 12.0 Å². The maximum Gasteiger partial charge on any atom is 0.258 e. The third kappa shape index (κ3) is 2.79. The normalized spacial score (nSPS) is 12.2. The summed E-state index contributed by atoms with van der Waals surface area (Å²) in [6, 6.07) is 4.74. The van der Waals surface area contributed by atoms with E-state index in [1.54, 1.807) is 19.1 Å². The largest absolute Gasteiger partial charge is 0.479 e. The highest BCUT2D eigenvalue weighted by Crippen LogP contribution is 2.28. The van der Waals surface area contributed by atoms with Crippen LogP contribution in [0.25, 0.3) is 0 Å². The van der Waals surface area contributed by atoms with Crippen LogP contribution in [0.15, 0.2) is 18.2 Å². The van der Waals surface area contributed by atoms with Gasteiger partial charge in [0.25, 0.3) is 5.91 Å². The second-order valence-corrected chi connectivity index (χ2v) is 3.58. The average Bonchev–Trinajstić information content (AvgIpc) is 2.09. The molecule has 0 fully saturated rings. The number of carbonyl (C=O) groups excluding carboxylic acids is 1. The summed E-state index contributed by atoms with van der Waals surface area (Å²) in [6.07, 6.45) is -0.714. The zero-order valence-electron chi connectivity index (χ0n) is 7.46. The minimum Gasteiger partial charge on any atom is -0.479 e. The Morgan fingerprint density at radius 2 is 2.14 bits per heavy atom. The fourth-order valence-corrected chi connectivity index (χ4v) is 1.27. The van der Waals surface area contributed by atoms with Gasteiger partial charge in [-0.15, -0.1) is 0 Å². The van der Waals surface area contributed by atoms with Crippen molar-refractivity contribution < 1.29 is 9.53 Å². The number of nitrogens with two attached hydrogens (primary N) is 1. The third-order valence-electron chi connectivity index (χ3n) is 1.60. The van der Waals surface area contributed by atoms with Crippen molar-refractivity contribution in [3.8, 4) is 5.75 Å². The van der Waals surface area contributed by atoms with Crippen LogP contribution in [0.1, 0.15) is 6.92 Å². The van der Waals surface area contributed by atoms with Crippen LogP contribution in [0.3, 0.4) is 0 Å². The zero-order valence-corrected chi connectivity index (χ0v) is 8.97. The van der Waals surface area contributed by atoms with E-state index in [2.05, 4.69) is 0 Å². The molecule has 0 aliphatic heterocycles. The number of amides is 1. The van der Waals surface area contributed by atoms with Gasteiger partial charge in [-0.3, -0.25) is 4.79 Å². The average molecular weight is 234 g/mol. The maximum absolute atomic E-state index is 10.7. The lowest BCUT2D eigenvalue weighted by molar-refractivity contribution is -0.123. The minimum atomic E-state index is -0.714. The van der Waals surface area contributed by atoms with E-state index in [4.69, 9.17) is 33.7 Å². The van der Waals surface area contributed by atoms with E-state index in [9.17, 15) is 4.79 Å². The Kier molecular flexibility index (Phi) is 3.61. The SMILES string of the molecule is CC(Oc1ccc(Cl)cc1Cl)C(N)=O. The van der Waals surface area contributed by atoms with Gasteiger partial charge in [-0.25, -0.2) is 0 Å². The Morgan fingerprint density at radius 1 is 1.50 bits per heavy atom. The number of ether oxygens (including phenoxy) is 1. The zero-order chi connectivity index (χ0) is 10.7. The first-order valence-electron chi connectivity index (χ1n) is 3.91. The lowest BCUT2D eigenvalue weighted by Crippen LogP contribution is -2.30. The number of carbonyl (C=O) groups is 1. The van der Waals surface area contributed by atoms with Gasteiger partial charge in [0.05, 0.1) is 5.02 Å². The Bertz CT molecular complexity index is 355. The molecule has 0 spiro atoms. The van der Waals surface area contributed by atoms with Crippen molar-refractivity contribution in [1.29, 1.82) is 0 Å². The first kappa shape index (κ1) is 11.1. The molecule has 1 amide bonds. The van der Waals surface area contributed by atoms with Crippen LogP contribution in [-0.2, 0) is 4.79 Å². The van der Waals surface area contributed by atoms with Crippen LogP contribution in [0.2, 0.25) is 10.0 Å². The number of benzene rings is 1. The van der Waals surface area contributed by atoms with Gasteiger partial charge in [0, 0.05) is 5.02 Å². The molecule has 1 atom stereocenters. The predicted octanol–water partition coefficient (Wildman–Crippen LogP) is 2.25. The molecular formula is C9H9Cl2NO2. The molecule has 0 aliphatic rings. The fourth-order valence-electron chi connectivity index (χ4n) is 0.819. The van der Waals surface area contributed by atoms with Gasteiger partial charge in [-0.05, 0) is 25.1 Å². The molecule has 2 N–H and O–H groups in total. The van der Waals surface area contributed by atoms with Gasteiger partial charge in [0.2, 0.25) is 0 Å². The first-order valence-corrected chi connectivity index (χ1v) is 4.67. The second-order valence-electron chi connectivity index (χ2n) is 2.74. The van der Waals surface area contributed by atoms with Gasteiger partial charge < -0.3 is 10.5 Å². The van der Waals surface area contributed by atoms with Gasteiger partial charge >= 0.3 is 0 Å². The van der Waals surface area contributed by atoms with E-state index in [0.29, 0.717) is 15.8 Å². The van der Waals surface area contributed by atoms with Crippen molar-refractivity contribution in [2.45, 2.75) is 13.0 Å². The highest BCUT2D eigenvalue weighted by Gasteiger charge is 2.12. The van der Waals surface area contributed by atoms with Crippen molar-refractivity contribution in [3.63, 3.8) is 0 Å². The summed E-state index contributed by atoms with van der Waals surface area (Å²) in [5, 5.41) is 0.861. The van der Waals surface area contributed by atoms with E-state index >= 15 is 0 Å². The second kappa shape index (κ2) is 4.53. The van der Waals surface area contributed by atoms with Crippen LogP contribution in [0.5, 0.6) is 5.75 Å². The molecule has 1 aromatic carbocycles. The smallest absolute Gasteiger partial charge is 0.258 e. The van der Waals surface area contributed by atoms with Crippen LogP contribution < -0.4 is 10.5 Å². The minimum absolute atomic E-state index is 0.352. The molecule has 0 aromatic heterocycles. The lowest BCUT2D eigenvalue weighted by atomic mass is 10.3. The highest BCUT2D eigenvalue weighted by atomic mass is 35.5. The molecular weight excluding hydrogens is 225 g/mol.